The third-order valence-corrected chi connectivity index (χ3v) is 2.76. The Hall–Kier alpha value is -2.51. The molecule has 0 aromatic rings. The van der Waals surface area contributed by atoms with E-state index >= 15 is 0 Å². The van der Waals surface area contributed by atoms with Crippen molar-refractivity contribution < 1.29 is 34.2 Å². The molecule has 2 N–H and O–H groups in total. The summed E-state index contributed by atoms with van der Waals surface area (Å²) in [6.07, 6.45) is 1.08. The van der Waals surface area contributed by atoms with Crippen LogP contribution in [0.3, 0.4) is 0 Å². The number of amides is 2. The van der Waals surface area contributed by atoms with Gasteiger partial charge in [-0.05, 0) is 6.42 Å². The van der Waals surface area contributed by atoms with Gasteiger partial charge in [0, 0.05) is 25.0 Å². The number of aliphatic carboxylic acids is 2. The van der Waals surface area contributed by atoms with Gasteiger partial charge in [-0.25, -0.2) is 0 Å². The Morgan fingerprint density at radius 1 is 1.10 bits per heavy atom. The van der Waals surface area contributed by atoms with Gasteiger partial charge in [-0.15, -0.1) is 0 Å². The lowest BCUT2D eigenvalue weighted by Gasteiger charge is -2.15. The van der Waals surface area contributed by atoms with Gasteiger partial charge in [0.05, 0.1) is 12.5 Å². The van der Waals surface area contributed by atoms with E-state index in [1.165, 1.54) is 0 Å². The SMILES string of the molecule is O=C(O)CCC(CC(=O)CN1C(=O)C=CC1=O)C(=O)O. The van der Waals surface area contributed by atoms with Crippen LogP contribution < -0.4 is 0 Å². The summed E-state index contributed by atoms with van der Waals surface area (Å²) in [7, 11) is 0. The van der Waals surface area contributed by atoms with Crippen molar-refractivity contribution in [2.75, 3.05) is 6.54 Å². The molecule has 20 heavy (non-hydrogen) atoms. The summed E-state index contributed by atoms with van der Waals surface area (Å²) in [4.78, 5) is 56.1. The molecule has 1 aliphatic rings. The molecule has 108 valence electrons. The summed E-state index contributed by atoms with van der Waals surface area (Å²) >= 11 is 0. The van der Waals surface area contributed by atoms with E-state index in [-0.39, 0.29) is 12.8 Å². The number of hydrogen-bond donors (Lipinski definition) is 2. The molecule has 0 saturated heterocycles. The zero-order valence-corrected chi connectivity index (χ0v) is 10.4. The first-order chi connectivity index (χ1) is 9.31. The largest absolute Gasteiger partial charge is 0.481 e. The zero-order chi connectivity index (χ0) is 15.3. The normalized spacial score (nSPS) is 15.5. The van der Waals surface area contributed by atoms with Crippen LogP contribution >= 0.6 is 0 Å². The van der Waals surface area contributed by atoms with E-state index in [0.29, 0.717) is 4.90 Å². The third kappa shape index (κ3) is 4.30. The Balaban J connectivity index is 2.54. The molecule has 1 atom stereocenters. The van der Waals surface area contributed by atoms with Gasteiger partial charge in [-0.3, -0.25) is 28.9 Å². The van der Waals surface area contributed by atoms with Crippen LogP contribution in [0.15, 0.2) is 12.2 Å². The minimum absolute atomic E-state index is 0.184. The Morgan fingerprint density at radius 3 is 2.10 bits per heavy atom. The highest BCUT2D eigenvalue weighted by atomic mass is 16.4. The standard InChI is InChI=1S/C12H13NO7/c14-8(6-13-9(15)2-3-10(13)16)5-7(12(19)20)1-4-11(17)18/h2-3,7H,1,4-6H2,(H,17,18)(H,19,20). The van der Waals surface area contributed by atoms with Crippen LogP contribution in [0.4, 0.5) is 0 Å². The lowest BCUT2D eigenvalue weighted by atomic mass is 9.97. The van der Waals surface area contributed by atoms with Crippen LogP contribution in [-0.4, -0.2) is 51.2 Å². The van der Waals surface area contributed by atoms with Crippen molar-refractivity contribution in [3.63, 3.8) is 0 Å². The summed E-state index contributed by atoms with van der Waals surface area (Å²) in [5.41, 5.74) is 0. The van der Waals surface area contributed by atoms with Crippen molar-refractivity contribution in [3.05, 3.63) is 12.2 Å². The second-order valence-corrected chi connectivity index (χ2v) is 4.31. The predicted octanol–water partition coefficient (Wildman–Crippen LogP) is -0.564. The summed E-state index contributed by atoms with van der Waals surface area (Å²) in [6, 6.07) is 0. The number of Topliss-reactive ketones (excluding diaryl/α,β-unsaturated/α-hetero) is 1. The maximum absolute atomic E-state index is 11.7. The average molecular weight is 283 g/mol. The van der Waals surface area contributed by atoms with E-state index in [2.05, 4.69) is 0 Å². The van der Waals surface area contributed by atoms with Crippen molar-refractivity contribution in [3.8, 4) is 0 Å². The van der Waals surface area contributed by atoms with Crippen LogP contribution in [-0.2, 0) is 24.0 Å². The van der Waals surface area contributed by atoms with Crippen molar-refractivity contribution in [2.45, 2.75) is 19.3 Å². The maximum atomic E-state index is 11.7. The van der Waals surface area contributed by atoms with E-state index in [9.17, 15) is 24.0 Å². The summed E-state index contributed by atoms with van der Waals surface area (Å²) in [6.45, 7) is -0.498. The van der Waals surface area contributed by atoms with E-state index in [1.54, 1.807) is 0 Å². The van der Waals surface area contributed by atoms with Gasteiger partial charge in [-0.1, -0.05) is 0 Å². The van der Waals surface area contributed by atoms with Crippen molar-refractivity contribution in [2.24, 2.45) is 5.92 Å². The lowest BCUT2D eigenvalue weighted by Crippen LogP contribution is -2.36. The second kappa shape index (κ2) is 6.60. The number of carboxylic acid groups (broad SMARTS) is 2. The first-order valence-electron chi connectivity index (χ1n) is 5.81. The molecule has 0 saturated carbocycles. The predicted molar refractivity (Wildman–Crippen MR) is 63.5 cm³/mol. The van der Waals surface area contributed by atoms with E-state index in [0.717, 1.165) is 12.2 Å². The number of nitrogens with zero attached hydrogens (tertiary/aromatic N) is 1. The number of ketones is 1. The van der Waals surface area contributed by atoms with E-state index < -0.39 is 48.4 Å². The Labute approximate surface area is 113 Å². The molecule has 0 spiro atoms. The smallest absolute Gasteiger partial charge is 0.306 e. The number of carboxylic acids is 2. The molecule has 8 heteroatoms. The second-order valence-electron chi connectivity index (χ2n) is 4.31. The van der Waals surface area contributed by atoms with Crippen molar-refractivity contribution in [1.82, 2.24) is 4.90 Å². The number of rotatable bonds is 8. The summed E-state index contributed by atoms with van der Waals surface area (Å²) in [5, 5.41) is 17.4. The Kier molecular flexibility index (Phi) is 5.13. The fraction of sp³-hybridized carbons (Fsp3) is 0.417. The van der Waals surface area contributed by atoms with Crippen molar-refractivity contribution in [1.29, 1.82) is 0 Å². The third-order valence-electron chi connectivity index (χ3n) is 2.76. The van der Waals surface area contributed by atoms with Crippen LogP contribution in [0.25, 0.3) is 0 Å². The first-order valence-corrected chi connectivity index (χ1v) is 5.81. The molecule has 2 amide bonds. The lowest BCUT2D eigenvalue weighted by molar-refractivity contribution is -0.145. The first kappa shape index (κ1) is 15.5. The van der Waals surface area contributed by atoms with Crippen molar-refractivity contribution >= 4 is 29.5 Å². The van der Waals surface area contributed by atoms with Gasteiger partial charge < -0.3 is 10.2 Å². The van der Waals surface area contributed by atoms with Crippen LogP contribution in [0.2, 0.25) is 0 Å². The highest BCUT2D eigenvalue weighted by Crippen LogP contribution is 2.14. The van der Waals surface area contributed by atoms with Gasteiger partial charge in [0.25, 0.3) is 11.8 Å². The Bertz CT molecular complexity index is 476. The summed E-state index contributed by atoms with van der Waals surface area (Å²) < 4.78 is 0. The van der Waals surface area contributed by atoms with Gasteiger partial charge >= 0.3 is 11.9 Å². The molecule has 0 radical (unpaired) electrons. The quantitative estimate of drug-likeness (QED) is 0.571. The van der Waals surface area contributed by atoms with Gasteiger partial charge in [-0.2, -0.15) is 0 Å². The molecule has 8 nitrogen and oxygen atoms in total. The molecule has 1 aliphatic heterocycles. The molecule has 0 aromatic heterocycles. The zero-order valence-electron chi connectivity index (χ0n) is 10.4. The maximum Gasteiger partial charge on any atom is 0.306 e. The molecular formula is C12H13NO7. The molecular weight excluding hydrogens is 270 g/mol. The fourth-order valence-electron chi connectivity index (χ4n) is 1.71. The minimum atomic E-state index is -1.28. The van der Waals surface area contributed by atoms with E-state index in [1.807, 2.05) is 0 Å². The number of imide groups is 1. The number of hydrogen-bond acceptors (Lipinski definition) is 5. The fourth-order valence-corrected chi connectivity index (χ4v) is 1.71. The minimum Gasteiger partial charge on any atom is -0.481 e. The molecule has 0 aromatic carbocycles. The van der Waals surface area contributed by atoms with Gasteiger partial charge in [0.1, 0.15) is 0 Å². The van der Waals surface area contributed by atoms with Crippen LogP contribution in [0.1, 0.15) is 19.3 Å². The monoisotopic (exact) mass is 283 g/mol. The molecule has 0 fully saturated rings. The molecule has 1 unspecified atom stereocenters. The molecule has 0 aliphatic carbocycles. The van der Waals surface area contributed by atoms with Crippen LogP contribution in [0.5, 0.6) is 0 Å². The highest BCUT2D eigenvalue weighted by molar-refractivity contribution is 6.14. The van der Waals surface area contributed by atoms with E-state index in [4.69, 9.17) is 10.2 Å². The molecule has 1 heterocycles. The average Bonchev–Trinajstić information content (AvgIpc) is 2.65. The Morgan fingerprint density at radius 2 is 1.65 bits per heavy atom. The van der Waals surface area contributed by atoms with Gasteiger partial charge in [0.15, 0.2) is 5.78 Å². The number of carbonyl (C=O) groups excluding carboxylic acids is 3. The van der Waals surface area contributed by atoms with Crippen LogP contribution in [0, 0.1) is 5.92 Å². The molecule has 1 rings (SSSR count). The topological polar surface area (TPSA) is 129 Å². The van der Waals surface area contributed by atoms with Gasteiger partial charge in [0.2, 0.25) is 0 Å². The molecule has 0 bridgehead atoms. The summed E-state index contributed by atoms with van der Waals surface area (Å²) in [5.74, 6) is -5.43. The highest BCUT2D eigenvalue weighted by Gasteiger charge is 2.28. The number of carbonyl (C=O) groups is 5.